The Bertz CT molecular complexity index is 194. The third-order valence-corrected chi connectivity index (χ3v) is 1.45. The van der Waals surface area contributed by atoms with Crippen LogP contribution in [-0.2, 0) is 14.3 Å². The summed E-state index contributed by atoms with van der Waals surface area (Å²) in [5.41, 5.74) is 0. The molecule has 0 unspecified atom stereocenters. The van der Waals surface area contributed by atoms with Crippen molar-refractivity contribution in [3.63, 3.8) is 0 Å². The monoisotopic (exact) mass is 171 g/mol. The predicted molar refractivity (Wildman–Crippen MR) is 43.4 cm³/mol. The second-order valence-corrected chi connectivity index (χ2v) is 2.83. The van der Waals surface area contributed by atoms with Gasteiger partial charge in [-0.1, -0.05) is 13.8 Å². The molecule has 0 aliphatic rings. The van der Waals surface area contributed by atoms with Crippen LogP contribution in [0.4, 0.5) is 0 Å². The summed E-state index contributed by atoms with van der Waals surface area (Å²) in [5.74, 6) is -0.187. The van der Waals surface area contributed by atoms with Crippen molar-refractivity contribution in [2.24, 2.45) is 10.9 Å². The van der Waals surface area contributed by atoms with E-state index in [9.17, 15) is 9.59 Å². The molecule has 0 saturated heterocycles. The molecule has 0 spiro atoms. The fourth-order valence-corrected chi connectivity index (χ4v) is 0.649. The van der Waals surface area contributed by atoms with Gasteiger partial charge in [-0.15, -0.1) is 0 Å². The minimum absolute atomic E-state index is 0.155. The summed E-state index contributed by atoms with van der Waals surface area (Å²) in [4.78, 5) is 23.9. The molecule has 0 heterocycles. The summed E-state index contributed by atoms with van der Waals surface area (Å²) in [6, 6.07) is -0.272. The molecule has 0 amide bonds. The first-order chi connectivity index (χ1) is 5.57. The van der Waals surface area contributed by atoms with Crippen molar-refractivity contribution in [3.05, 3.63) is 0 Å². The van der Waals surface area contributed by atoms with E-state index in [0.717, 1.165) is 0 Å². The number of carbonyl (C=O) groups excluding carboxylic acids is 2. The quantitative estimate of drug-likeness (QED) is 0.359. The molecule has 0 rings (SSSR count). The molecular weight excluding hydrogens is 158 g/mol. The molecule has 0 aliphatic heterocycles. The highest BCUT2D eigenvalue weighted by molar-refractivity contribution is 5.65. The van der Waals surface area contributed by atoms with Gasteiger partial charge in [-0.05, 0) is 5.92 Å². The summed E-state index contributed by atoms with van der Waals surface area (Å²) < 4.78 is 4.71. The number of esters is 1. The fourth-order valence-electron chi connectivity index (χ4n) is 0.649. The van der Waals surface area contributed by atoms with Crippen LogP contribution in [0.3, 0.4) is 0 Å². The molecule has 0 aromatic heterocycles. The Kier molecular flexibility index (Phi) is 4.97. The number of ether oxygens (including phenoxy) is 1. The number of carbonyl (C=O) groups is 1. The van der Waals surface area contributed by atoms with E-state index < -0.39 is 0 Å². The van der Waals surface area contributed by atoms with Gasteiger partial charge in [0, 0.05) is 6.92 Å². The van der Waals surface area contributed by atoms with Crippen molar-refractivity contribution < 1.29 is 14.3 Å². The van der Waals surface area contributed by atoms with Crippen LogP contribution in [0.2, 0.25) is 0 Å². The number of hydrogen-bond donors (Lipinski definition) is 0. The maximum Gasteiger partial charge on any atom is 0.302 e. The minimum atomic E-state index is -0.359. The molecular formula is C8H13NO3. The fraction of sp³-hybridized carbons (Fsp3) is 0.750. The molecule has 0 aromatic carbocycles. The Balaban J connectivity index is 3.96. The van der Waals surface area contributed by atoms with E-state index in [4.69, 9.17) is 4.74 Å². The van der Waals surface area contributed by atoms with Crippen molar-refractivity contribution in [1.82, 2.24) is 0 Å². The molecule has 0 aliphatic carbocycles. The van der Waals surface area contributed by atoms with Crippen LogP contribution in [0.1, 0.15) is 20.8 Å². The van der Waals surface area contributed by atoms with Crippen molar-refractivity contribution in [2.75, 3.05) is 6.61 Å². The van der Waals surface area contributed by atoms with Gasteiger partial charge >= 0.3 is 5.97 Å². The smallest absolute Gasteiger partial charge is 0.302 e. The van der Waals surface area contributed by atoms with Crippen LogP contribution >= 0.6 is 0 Å². The third-order valence-electron chi connectivity index (χ3n) is 1.45. The minimum Gasteiger partial charge on any atom is -0.464 e. The summed E-state index contributed by atoms with van der Waals surface area (Å²) >= 11 is 0. The Morgan fingerprint density at radius 1 is 1.58 bits per heavy atom. The lowest BCUT2D eigenvalue weighted by Gasteiger charge is -2.13. The topological polar surface area (TPSA) is 55.7 Å². The summed E-state index contributed by atoms with van der Waals surface area (Å²) in [5, 5.41) is 0. The third kappa shape index (κ3) is 4.63. The molecule has 4 nitrogen and oxygen atoms in total. The Morgan fingerprint density at radius 3 is 2.50 bits per heavy atom. The van der Waals surface area contributed by atoms with Gasteiger partial charge < -0.3 is 4.74 Å². The number of aliphatic imine (C=N–C) groups is 1. The van der Waals surface area contributed by atoms with E-state index >= 15 is 0 Å². The second kappa shape index (κ2) is 5.49. The lowest BCUT2D eigenvalue weighted by molar-refractivity contribution is -0.141. The maximum atomic E-state index is 10.4. The maximum absolute atomic E-state index is 10.4. The van der Waals surface area contributed by atoms with Crippen LogP contribution in [0.5, 0.6) is 0 Å². The normalized spacial score (nSPS) is 12.0. The number of hydrogen-bond acceptors (Lipinski definition) is 4. The van der Waals surface area contributed by atoms with Gasteiger partial charge in [-0.2, -0.15) is 4.99 Å². The molecule has 0 saturated carbocycles. The highest BCUT2D eigenvalue weighted by Gasteiger charge is 2.12. The standard InChI is InChI=1S/C8H13NO3/c1-6(2)8(9-5-10)4-12-7(3)11/h6,8H,4H2,1-3H3/t8-/m1/s1. The van der Waals surface area contributed by atoms with E-state index in [2.05, 4.69) is 4.99 Å². The number of rotatable bonds is 4. The van der Waals surface area contributed by atoms with Gasteiger partial charge in [0.1, 0.15) is 6.61 Å². The van der Waals surface area contributed by atoms with Gasteiger partial charge in [-0.3, -0.25) is 4.79 Å². The molecule has 12 heavy (non-hydrogen) atoms. The first-order valence-corrected chi connectivity index (χ1v) is 3.78. The highest BCUT2D eigenvalue weighted by atomic mass is 16.5. The molecule has 0 radical (unpaired) electrons. The molecule has 0 N–H and O–H groups in total. The number of isocyanates is 1. The Morgan fingerprint density at radius 2 is 2.17 bits per heavy atom. The van der Waals surface area contributed by atoms with Crippen LogP contribution in [0.25, 0.3) is 0 Å². The van der Waals surface area contributed by atoms with E-state index in [-0.39, 0.29) is 24.5 Å². The predicted octanol–water partition coefficient (Wildman–Crippen LogP) is 0.910. The lowest BCUT2D eigenvalue weighted by atomic mass is 10.1. The van der Waals surface area contributed by atoms with Crippen LogP contribution in [0.15, 0.2) is 4.99 Å². The summed E-state index contributed by atoms with van der Waals surface area (Å²) in [6.45, 7) is 5.27. The highest BCUT2D eigenvalue weighted by Crippen LogP contribution is 2.05. The van der Waals surface area contributed by atoms with Gasteiger partial charge in [-0.25, -0.2) is 4.79 Å². The lowest BCUT2D eigenvalue weighted by Crippen LogP contribution is -2.21. The van der Waals surface area contributed by atoms with E-state index in [1.54, 1.807) is 0 Å². The average Bonchev–Trinajstić information content (AvgIpc) is 1.96. The SMILES string of the molecule is CC(=O)OC[C@@H](N=C=O)C(C)C. The Hall–Kier alpha value is -1.15. The summed E-state index contributed by atoms with van der Waals surface area (Å²) in [6.07, 6.45) is 1.46. The first kappa shape index (κ1) is 10.8. The van der Waals surface area contributed by atoms with Gasteiger partial charge in [0.05, 0.1) is 6.04 Å². The molecule has 68 valence electrons. The average molecular weight is 171 g/mol. The van der Waals surface area contributed by atoms with Crippen molar-refractivity contribution in [1.29, 1.82) is 0 Å². The largest absolute Gasteiger partial charge is 0.464 e. The molecule has 4 heteroatoms. The van der Waals surface area contributed by atoms with Crippen LogP contribution in [-0.4, -0.2) is 24.7 Å². The van der Waals surface area contributed by atoms with Gasteiger partial charge in [0.15, 0.2) is 0 Å². The molecule has 1 atom stereocenters. The van der Waals surface area contributed by atoms with E-state index in [1.807, 2.05) is 13.8 Å². The second-order valence-electron chi connectivity index (χ2n) is 2.83. The zero-order valence-corrected chi connectivity index (χ0v) is 7.53. The zero-order valence-electron chi connectivity index (χ0n) is 7.53. The molecule has 0 fully saturated rings. The summed E-state index contributed by atoms with van der Waals surface area (Å²) in [7, 11) is 0. The van der Waals surface area contributed by atoms with Crippen molar-refractivity contribution in [2.45, 2.75) is 26.8 Å². The van der Waals surface area contributed by atoms with Crippen LogP contribution < -0.4 is 0 Å². The molecule has 0 aromatic rings. The molecule has 0 bridgehead atoms. The van der Waals surface area contributed by atoms with Crippen LogP contribution in [0, 0.1) is 5.92 Å². The van der Waals surface area contributed by atoms with Crippen molar-refractivity contribution in [3.8, 4) is 0 Å². The number of nitrogens with zero attached hydrogens (tertiary/aromatic N) is 1. The first-order valence-electron chi connectivity index (χ1n) is 3.78. The van der Waals surface area contributed by atoms with E-state index in [0.29, 0.717) is 0 Å². The van der Waals surface area contributed by atoms with Crippen molar-refractivity contribution >= 4 is 12.0 Å². The van der Waals surface area contributed by atoms with E-state index in [1.165, 1.54) is 13.0 Å². The zero-order chi connectivity index (χ0) is 9.56. The van der Waals surface area contributed by atoms with Gasteiger partial charge in [0.25, 0.3) is 0 Å². The Labute approximate surface area is 71.6 Å². The van der Waals surface area contributed by atoms with Gasteiger partial charge in [0.2, 0.25) is 6.08 Å².